The molecule has 1 aromatic rings. The van der Waals surface area contributed by atoms with E-state index in [0.29, 0.717) is 17.2 Å². The van der Waals surface area contributed by atoms with Crippen LogP contribution in [-0.2, 0) is 10.5 Å². The van der Waals surface area contributed by atoms with Gasteiger partial charge in [0.2, 0.25) is 0 Å². The molecule has 0 radical (unpaired) electrons. The summed E-state index contributed by atoms with van der Waals surface area (Å²) in [6.45, 7) is 0. The molecule has 0 unspecified atom stereocenters. The van der Waals surface area contributed by atoms with Gasteiger partial charge in [0.15, 0.2) is 0 Å². The summed E-state index contributed by atoms with van der Waals surface area (Å²) in [6.07, 6.45) is 1.72. The van der Waals surface area contributed by atoms with E-state index in [-0.39, 0.29) is 6.42 Å². The highest BCUT2D eigenvalue weighted by atomic mass is 32.2. The molecule has 0 spiro atoms. The van der Waals surface area contributed by atoms with Crippen molar-refractivity contribution in [3.05, 3.63) is 29.6 Å². The van der Waals surface area contributed by atoms with Crippen molar-refractivity contribution in [2.75, 3.05) is 5.75 Å². The normalized spacial score (nSPS) is 9.53. The quantitative estimate of drug-likeness (QED) is 0.767. The molecule has 0 aliphatic carbocycles. The van der Waals surface area contributed by atoms with Crippen LogP contribution in [0.4, 0.5) is 0 Å². The zero-order valence-electron chi connectivity index (χ0n) is 8.01. The molecule has 5 heteroatoms. The van der Waals surface area contributed by atoms with E-state index in [1.807, 2.05) is 12.1 Å². The average molecular weight is 222 g/mol. The average Bonchev–Trinajstić information content (AvgIpc) is 2.24. The van der Waals surface area contributed by atoms with Crippen LogP contribution in [0.3, 0.4) is 0 Å². The fourth-order valence-electron chi connectivity index (χ4n) is 0.997. The number of thioether (sulfide) groups is 1. The van der Waals surface area contributed by atoms with Gasteiger partial charge in [-0.05, 0) is 11.6 Å². The van der Waals surface area contributed by atoms with Gasteiger partial charge < -0.3 is 5.11 Å². The summed E-state index contributed by atoms with van der Waals surface area (Å²) in [5.74, 6) is 0.383. The molecule has 0 aromatic carbocycles. The summed E-state index contributed by atoms with van der Waals surface area (Å²) in [4.78, 5) is 14.2. The Morgan fingerprint density at radius 1 is 1.67 bits per heavy atom. The van der Waals surface area contributed by atoms with Gasteiger partial charge in [-0.3, -0.25) is 4.79 Å². The Kier molecular flexibility index (Phi) is 4.64. The molecule has 1 aromatic heterocycles. The van der Waals surface area contributed by atoms with Gasteiger partial charge >= 0.3 is 5.97 Å². The van der Waals surface area contributed by atoms with E-state index in [1.165, 1.54) is 11.8 Å². The van der Waals surface area contributed by atoms with Crippen molar-refractivity contribution >= 4 is 17.7 Å². The third-order valence-electron chi connectivity index (χ3n) is 1.72. The lowest BCUT2D eigenvalue weighted by molar-refractivity contribution is -0.136. The van der Waals surface area contributed by atoms with E-state index in [0.717, 1.165) is 5.56 Å². The van der Waals surface area contributed by atoms with Crippen LogP contribution >= 0.6 is 11.8 Å². The fourth-order valence-corrected chi connectivity index (χ4v) is 1.91. The van der Waals surface area contributed by atoms with E-state index in [4.69, 9.17) is 10.4 Å². The first kappa shape index (κ1) is 11.5. The van der Waals surface area contributed by atoms with Crippen LogP contribution in [0.2, 0.25) is 0 Å². The summed E-state index contributed by atoms with van der Waals surface area (Å²) < 4.78 is 0. The lowest BCUT2D eigenvalue weighted by Gasteiger charge is -2.01. The summed E-state index contributed by atoms with van der Waals surface area (Å²) in [5, 5.41) is 17.2. The van der Waals surface area contributed by atoms with E-state index in [2.05, 4.69) is 4.98 Å². The van der Waals surface area contributed by atoms with Gasteiger partial charge in [-0.25, -0.2) is 4.98 Å². The molecule has 0 saturated heterocycles. The Morgan fingerprint density at radius 3 is 3.13 bits per heavy atom. The molecular formula is C10H10N2O2S. The van der Waals surface area contributed by atoms with Crippen molar-refractivity contribution in [1.82, 2.24) is 4.98 Å². The third kappa shape index (κ3) is 4.00. The lowest BCUT2D eigenvalue weighted by atomic mass is 10.2. The number of carboxylic acid groups (broad SMARTS) is 1. The SMILES string of the molecule is N#Cc1ncccc1CSCCC(=O)O. The minimum atomic E-state index is -0.797. The molecule has 0 aliphatic rings. The molecule has 0 amide bonds. The number of rotatable bonds is 5. The Labute approximate surface area is 91.9 Å². The lowest BCUT2D eigenvalue weighted by Crippen LogP contribution is -1.97. The minimum absolute atomic E-state index is 0.146. The molecular weight excluding hydrogens is 212 g/mol. The van der Waals surface area contributed by atoms with E-state index >= 15 is 0 Å². The van der Waals surface area contributed by atoms with Crippen molar-refractivity contribution in [2.24, 2.45) is 0 Å². The standard InChI is InChI=1S/C10H10N2O2S/c11-6-9-8(2-1-4-12-9)7-15-5-3-10(13)14/h1-2,4H,3,5,7H2,(H,13,14). The number of carboxylic acids is 1. The molecule has 1 heterocycles. The van der Waals surface area contributed by atoms with Gasteiger partial charge in [0, 0.05) is 17.7 Å². The monoisotopic (exact) mass is 222 g/mol. The van der Waals surface area contributed by atoms with Crippen LogP contribution in [0.25, 0.3) is 0 Å². The molecule has 78 valence electrons. The number of nitrogens with zero attached hydrogens (tertiary/aromatic N) is 2. The molecule has 1 rings (SSSR count). The maximum Gasteiger partial charge on any atom is 0.304 e. The maximum atomic E-state index is 10.3. The predicted octanol–water partition coefficient (Wildman–Crippen LogP) is 1.66. The Bertz CT molecular complexity index is 387. The van der Waals surface area contributed by atoms with Crippen LogP contribution in [0.15, 0.2) is 18.3 Å². The highest BCUT2D eigenvalue weighted by molar-refractivity contribution is 7.98. The van der Waals surface area contributed by atoms with Gasteiger partial charge in [-0.1, -0.05) is 6.07 Å². The van der Waals surface area contributed by atoms with Gasteiger partial charge in [-0.15, -0.1) is 0 Å². The summed E-state index contributed by atoms with van der Waals surface area (Å²) in [5.41, 5.74) is 1.27. The largest absolute Gasteiger partial charge is 0.481 e. The zero-order valence-corrected chi connectivity index (χ0v) is 8.83. The van der Waals surface area contributed by atoms with E-state index in [9.17, 15) is 4.79 Å². The van der Waals surface area contributed by atoms with Crippen molar-refractivity contribution in [3.63, 3.8) is 0 Å². The van der Waals surface area contributed by atoms with Crippen molar-refractivity contribution in [1.29, 1.82) is 5.26 Å². The molecule has 0 bridgehead atoms. The maximum absolute atomic E-state index is 10.3. The molecule has 1 N–H and O–H groups in total. The van der Waals surface area contributed by atoms with Crippen LogP contribution < -0.4 is 0 Å². The third-order valence-corrected chi connectivity index (χ3v) is 2.72. The first-order valence-electron chi connectivity index (χ1n) is 4.37. The Morgan fingerprint density at radius 2 is 2.47 bits per heavy atom. The van der Waals surface area contributed by atoms with Crippen LogP contribution in [0.5, 0.6) is 0 Å². The van der Waals surface area contributed by atoms with Crippen molar-refractivity contribution in [3.8, 4) is 6.07 Å². The summed E-state index contributed by atoms with van der Waals surface area (Å²) in [7, 11) is 0. The number of pyridine rings is 1. The first-order valence-corrected chi connectivity index (χ1v) is 5.53. The highest BCUT2D eigenvalue weighted by Crippen LogP contribution is 2.14. The summed E-state index contributed by atoms with van der Waals surface area (Å²) in [6, 6.07) is 5.61. The predicted molar refractivity (Wildman–Crippen MR) is 57.4 cm³/mol. The number of hydrogen-bond acceptors (Lipinski definition) is 4. The molecule has 0 fully saturated rings. The molecule has 0 saturated carbocycles. The van der Waals surface area contributed by atoms with Crippen LogP contribution in [0, 0.1) is 11.3 Å². The molecule has 0 aliphatic heterocycles. The van der Waals surface area contributed by atoms with Gasteiger partial charge in [0.1, 0.15) is 11.8 Å². The second-order valence-corrected chi connectivity index (χ2v) is 3.92. The fraction of sp³-hybridized carbons (Fsp3) is 0.300. The number of hydrogen-bond donors (Lipinski definition) is 1. The van der Waals surface area contributed by atoms with Gasteiger partial charge in [0.05, 0.1) is 6.42 Å². The second-order valence-electron chi connectivity index (χ2n) is 2.82. The number of aromatic nitrogens is 1. The number of aliphatic carboxylic acids is 1. The Hall–Kier alpha value is -1.54. The van der Waals surface area contributed by atoms with E-state index < -0.39 is 5.97 Å². The number of carbonyl (C=O) groups is 1. The van der Waals surface area contributed by atoms with Gasteiger partial charge in [0.25, 0.3) is 0 Å². The van der Waals surface area contributed by atoms with Crippen LogP contribution in [-0.4, -0.2) is 21.8 Å². The smallest absolute Gasteiger partial charge is 0.304 e. The second kappa shape index (κ2) is 6.04. The Balaban J connectivity index is 2.44. The number of nitriles is 1. The highest BCUT2D eigenvalue weighted by Gasteiger charge is 2.03. The first-order chi connectivity index (χ1) is 7.24. The van der Waals surface area contributed by atoms with Crippen LogP contribution in [0.1, 0.15) is 17.7 Å². The zero-order chi connectivity index (χ0) is 11.1. The topological polar surface area (TPSA) is 74.0 Å². The van der Waals surface area contributed by atoms with Gasteiger partial charge in [-0.2, -0.15) is 17.0 Å². The molecule has 0 atom stereocenters. The van der Waals surface area contributed by atoms with Crippen molar-refractivity contribution in [2.45, 2.75) is 12.2 Å². The minimum Gasteiger partial charge on any atom is -0.481 e. The summed E-state index contributed by atoms with van der Waals surface area (Å²) >= 11 is 1.49. The molecule has 4 nitrogen and oxygen atoms in total. The molecule has 15 heavy (non-hydrogen) atoms. The van der Waals surface area contributed by atoms with E-state index in [1.54, 1.807) is 12.3 Å². The van der Waals surface area contributed by atoms with Crippen molar-refractivity contribution < 1.29 is 9.90 Å².